The molecule has 0 aromatic rings. The van der Waals surface area contributed by atoms with Crippen LogP contribution in [-0.2, 0) is 0 Å². The fraction of sp³-hybridized carbons (Fsp3) is 1.00. The van der Waals surface area contributed by atoms with Crippen LogP contribution in [0.15, 0.2) is 0 Å². The monoisotopic (exact) mass is 227 g/mol. The second-order valence-corrected chi connectivity index (χ2v) is 6.64. The summed E-state index contributed by atoms with van der Waals surface area (Å²) in [5.74, 6) is 2.36. The van der Waals surface area contributed by atoms with Gasteiger partial charge in [0.1, 0.15) is 0 Å². The molecule has 0 bridgehead atoms. The molecule has 2 rings (SSSR count). The third-order valence-electron chi connectivity index (χ3n) is 4.05. The first-order chi connectivity index (χ1) is 7.36. The van der Waals surface area contributed by atoms with Crippen LogP contribution in [0.3, 0.4) is 0 Å². The van der Waals surface area contributed by atoms with Gasteiger partial charge in [-0.1, -0.05) is 19.3 Å². The van der Waals surface area contributed by atoms with Gasteiger partial charge in [0.05, 0.1) is 0 Å². The molecule has 1 nitrogen and oxygen atoms in total. The lowest BCUT2D eigenvalue weighted by Crippen LogP contribution is -2.38. The van der Waals surface area contributed by atoms with Gasteiger partial charge in [0.25, 0.3) is 0 Å². The molecule has 2 heteroatoms. The average Bonchev–Trinajstić information content (AvgIpc) is 2.80. The zero-order valence-corrected chi connectivity index (χ0v) is 10.8. The largest absolute Gasteiger partial charge is 0.313 e. The van der Waals surface area contributed by atoms with Crippen LogP contribution in [0.25, 0.3) is 0 Å². The molecule has 1 heterocycles. The summed E-state index contributed by atoms with van der Waals surface area (Å²) in [4.78, 5) is 0. The zero-order valence-electron chi connectivity index (χ0n) is 10.0. The Labute approximate surface area is 98.8 Å². The van der Waals surface area contributed by atoms with Crippen LogP contribution in [0, 0.1) is 5.92 Å². The molecular formula is C13H25NS. The molecule has 0 aromatic carbocycles. The van der Waals surface area contributed by atoms with Gasteiger partial charge >= 0.3 is 0 Å². The highest BCUT2D eigenvalue weighted by Crippen LogP contribution is 2.28. The molecule has 0 amide bonds. The Hall–Kier alpha value is 0.310. The normalized spacial score (nSPS) is 30.6. The first-order valence-electron chi connectivity index (χ1n) is 6.71. The fourth-order valence-corrected chi connectivity index (χ4v) is 4.14. The molecule has 0 radical (unpaired) electrons. The van der Waals surface area contributed by atoms with Crippen molar-refractivity contribution < 1.29 is 0 Å². The van der Waals surface area contributed by atoms with Crippen molar-refractivity contribution in [3.63, 3.8) is 0 Å². The highest BCUT2D eigenvalue weighted by molar-refractivity contribution is 8.00. The van der Waals surface area contributed by atoms with E-state index in [-0.39, 0.29) is 0 Å². The first kappa shape index (κ1) is 11.8. The molecule has 1 saturated carbocycles. The van der Waals surface area contributed by atoms with E-state index in [1.807, 2.05) is 0 Å². The van der Waals surface area contributed by atoms with Gasteiger partial charge in [-0.15, -0.1) is 0 Å². The van der Waals surface area contributed by atoms with E-state index in [1.165, 1.54) is 57.2 Å². The molecule has 2 fully saturated rings. The molecule has 88 valence electrons. The zero-order chi connectivity index (χ0) is 10.5. The summed E-state index contributed by atoms with van der Waals surface area (Å²) < 4.78 is 0. The Morgan fingerprint density at radius 1 is 1.13 bits per heavy atom. The fourth-order valence-electron chi connectivity index (χ4n) is 2.92. The summed E-state index contributed by atoms with van der Waals surface area (Å²) in [5.41, 5.74) is 0. The molecule has 1 aliphatic heterocycles. The standard InChI is InChI=1S/C13H25NS/c1-11(12-6-3-2-4-7-12)14-10-13-8-5-9-15-13/h11-14H,2-10H2,1H3. The molecule has 2 aliphatic rings. The SMILES string of the molecule is CC(NCC1CCCS1)C1CCCCC1. The summed E-state index contributed by atoms with van der Waals surface area (Å²) in [6, 6.07) is 0.756. The lowest BCUT2D eigenvalue weighted by atomic mass is 9.84. The molecule has 2 unspecified atom stereocenters. The van der Waals surface area contributed by atoms with E-state index in [0.717, 1.165) is 17.2 Å². The van der Waals surface area contributed by atoms with E-state index in [4.69, 9.17) is 0 Å². The second-order valence-electron chi connectivity index (χ2n) is 5.23. The second kappa shape index (κ2) is 6.15. The Morgan fingerprint density at radius 2 is 1.93 bits per heavy atom. The molecule has 0 aromatic heterocycles. The van der Waals surface area contributed by atoms with Crippen LogP contribution in [0.2, 0.25) is 0 Å². The van der Waals surface area contributed by atoms with Gasteiger partial charge in [0.2, 0.25) is 0 Å². The van der Waals surface area contributed by atoms with Crippen molar-refractivity contribution in [2.75, 3.05) is 12.3 Å². The predicted molar refractivity (Wildman–Crippen MR) is 69.5 cm³/mol. The van der Waals surface area contributed by atoms with Gasteiger partial charge in [-0.05, 0) is 44.3 Å². The molecule has 1 N–H and O–H groups in total. The summed E-state index contributed by atoms with van der Waals surface area (Å²) in [7, 11) is 0. The van der Waals surface area contributed by atoms with Crippen LogP contribution in [0.4, 0.5) is 0 Å². The maximum Gasteiger partial charge on any atom is 0.0172 e. The molecule has 2 atom stereocenters. The number of nitrogens with one attached hydrogen (secondary N) is 1. The van der Waals surface area contributed by atoms with E-state index in [2.05, 4.69) is 24.0 Å². The van der Waals surface area contributed by atoms with Crippen molar-refractivity contribution in [2.24, 2.45) is 5.92 Å². The van der Waals surface area contributed by atoms with Crippen LogP contribution in [0.1, 0.15) is 51.9 Å². The van der Waals surface area contributed by atoms with Gasteiger partial charge < -0.3 is 5.32 Å². The minimum absolute atomic E-state index is 0.756. The Kier molecular flexibility index (Phi) is 4.83. The Bertz CT molecular complexity index is 171. The van der Waals surface area contributed by atoms with Crippen molar-refractivity contribution >= 4 is 11.8 Å². The van der Waals surface area contributed by atoms with Crippen LogP contribution < -0.4 is 5.32 Å². The first-order valence-corrected chi connectivity index (χ1v) is 7.76. The summed E-state index contributed by atoms with van der Waals surface area (Å²) >= 11 is 2.17. The third-order valence-corrected chi connectivity index (χ3v) is 5.45. The van der Waals surface area contributed by atoms with E-state index >= 15 is 0 Å². The maximum absolute atomic E-state index is 3.77. The molecule has 1 aliphatic carbocycles. The lowest BCUT2D eigenvalue weighted by Gasteiger charge is -2.29. The van der Waals surface area contributed by atoms with Gasteiger partial charge in [0, 0.05) is 17.8 Å². The van der Waals surface area contributed by atoms with E-state index in [9.17, 15) is 0 Å². The quantitative estimate of drug-likeness (QED) is 0.789. The van der Waals surface area contributed by atoms with Crippen molar-refractivity contribution in [1.29, 1.82) is 0 Å². The third kappa shape index (κ3) is 3.67. The molecular weight excluding hydrogens is 202 g/mol. The topological polar surface area (TPSA) is 12.0 Å². The maximum atomic E-state index is 3.77. The minimum Gasteiger partial charge on any atom is -0.313 e. The number of hydrogen-bond donors (Lipinski definition) is 1. The average molecular weight is 227 g/mol. The number of rotatable bonds is 4. The number of hydrogen-bond acceptors (Lipinski definition) is 2. The van der Waals surface area contributed by atoms with Gasteiger partial charge in [0.15, 0.2) is 0 Å². The summed E-state index contributed by atoms with van der Waals surface area (Å²) in [6.07, 6.45) is 10.2. The van der Waals surface area contributed by atoms with E-state index < -0.39 is 0 Å². The van der Waals surface area contributed by atoms with E-state index in [1.54, 1.807) is 0 Å². The molecule has 0 spiro atoms. The van der Waals surface area contributed by atoms with Crippen LogP contribution >= 0.6 is 11.8 Å². The van der Waals surface area contributed by atoms with Gasteiger partial charge in [-0.2, -0.15) is 11.8 Å². The van der Waals surface area contributed by atoms with Crippen molar-refractivity contribution in [1.82, 2.24) is 5.32 Å². The van der Waals surface area contributed by atoms with Gasteiger partial charge in [-0.3, -0.25) is 0 Å². The van der Waals surface area contributed by atoms with Crippen LogP contribution in [0.5, 0.6) is 0 Å². The lowest BCUT2D eigenvalue weighted by molar-refractivity contribution is 0.282. The predicted octanol–water partition coefficient (Wildman–Crippen LogP) is 3.44. The molecule has 1 saturated heterocycles. The van der Waals surface area contributed by atoms with Crippen molar-refractivity contribution in [2.45, 2.75) is 63.2 Å². The van der Waals surface area contributed by atoms with Crippen LogP contribution in [-0.4, -0.2) is 23.6 Å². The smallest absolute Gasteiger partial charge is 0.0172 e. The Balaban J connectivity index is 1.64. The van der Waals surface area contributed by atoms with E-state index in [0.29, 0.717) is 0 Å². The highest BCUT2D eigenvalue weighted by atomic mass is 32.2. The summed E-state index contributed by atoms with van der Waals surface area (Å²) in [6.45, 7) is 3.65. The van der Waals surface area contributed by atoms with Crippen molar-refractivity contribution in [3.05, 3.63) is 0 Å². The number of thioether (sulfide) groups is 1. The summed E-state index contributed by atoms with van der Waals surface area (Å²) in [5, 5.41) is 4.69. The minimum atomic E-state index is 0.756. The molecule has 15 heavy (non-hydrogen) atoms. The Morgan fingerprint density at radius 3 is 2.60 bits per heavy atom. The van der Waals surface area contributed by atoms with Gasteiger partial charge in [-0.25, -0.2) is 0 Å². The highest BCUT2D eigenvalue weighted by Gasteiger charge is 2.21. The van der Waals surface area contributed by atoms with Crippen molar-refractivity contribution in [3.8, 4) is 0 Å².